The highest BCUT2D eigenvalue weighted by molar-refractivity contribution is 6.39. The summed E-state index contributed by atoms with van der Waals surface area (Å²) >= 11 is 0. The Bertz CT molecular complexity index is 553. The largest absolute Gasteiger partial charge is 0.319 e. The lowest BCUT2D eigenvalue weighted by Crippen LogP contribution is -2.50. The molecule has 0 radical (unpaired) electrons. The highest BCUT2D eigenvalue weighted by atomic mass is 16.2. The van der Waals surface area contributed by atoms with Crippen LogP contribution in [0.5, 0.6) is 0 Å². The molecule has 0 atom stereocenters. The number of amides is 4. The molecule has 0 bridgehead atoms. The van der Waals surface area contributed by atoms with Gasteiger partial charge in [-0.3, -0.25) is 29.0 Å². The molecule has 32 heavy (non-hydrogen) atoms. The van der Waals surface area contributed by atoms with Gasteiger partial charge in [0.15, 0.2) is 0 Å². The van der Waals surface area contributed by atoms with Crippen LogP contribution >= 0.6 is 0 Å². The van der Waals surface area contributed by atoms with Gasteiger partial charge < -0.3 is 0 Å². The monoisotopic (exact) mass is 448 g/mol. The Balaban J connectivity index is 2.05. The van der Waals surface area contributed by atoms with Gasteiger partial charge in [-0.05, 0) is 25.7 Å². The van der Waals surface area contributed by atoms with Gasteiger partial charge in [0.25, 0.3) is 0 Å². The van der Waals surface area contributed by atoms with Crippen molar-refractivity contribution in [2.24, 2.45) is 0 Å². The van der Waals surface area contributed by atoms with Gasteiger partial charge >= 0.3 is 11.8 Å². The third-order valence-electron chi connectivity index (χ3n) is 6.82. The summed E-state index contributed by atoms with van der Waals surface area (Å²) in [4.78, 5) is 54.2. The quantitative estimate of drug-likeness (QED) is 0.457. The number of nitrogens with zero attached hydrogens (tertiary/aromatic N) is 2. The van der Waals surface area contributed by atoms with Gasteiger partial charge in [0.2, 0.25) is 11.8 Å². The molecule has 2 aliphatic rings. The second-order valence-corrected chi connectivity index (χ2v) is 9.57. The van der Waals surface area contributed by atoms with E-state index in [1.807, 2.05) is 0 Å². The molecule has 182 valence electrons. The first-order valence-corrected chi connectivity index (χ1v) is 13.3. The molecule has 0 aromatic carbocycles. The van der Waals surface area contributed by atoms with Crippen molar-refractivity contribution in [2.45, 2.75) is 128 Å². The fourth-order valence-electron chi connectivity index (χ4n) is 4.75. The minimum atomic E-state index is -0.803. The topological polar surface area (TPSA) is 74.8 Å². The maximum atomic E-state index is 13.1. The minimum absolute atomic E-state index is 0.263. The van der Waals surface area contributed by atoms with E-state index in [1.165, 1.54) is 38.5 Å². The molecule has 2 fully saturated rings. The zero-order valence-corrected chi connectivity index (χ0v) is 20.1. The summed E-state index contributed by atoms with van der Waals surface area (Å²) in [6.07, 6.45) is 19.0. The van der Waals surface area contributed by atoms with Gasteiger partial charge in [-0.2, -0.15) is 0 Å². The normalized spacial score (nSPS) is 22.4. The van der Waals surface area contributed by atoms with Gasteiger partial charge in [0.1, 0.15) is 0 Å². The van der Waals surface area contributed by atoms with E-state index in [2.05, 4.69) is 0 Å². The zero-order valence-electron chi connectivity index (χ0n) is 20.1. The smallest absolute Gasteiger partial charge is 0.274 e. The third kappa shape index (κ3) is 9.83. The number of hydrogen-bond donors (Lipinski definition) is 0. The Morgan fingerprint density at radius 2 is 0.656 bits per heavy atom. The van der Waals surface area contributed by atoms with Crippen LogP contribution in [0.25, 0.3) is 0 Å². The molecule has 0 aromatic heterocycles. The number of carbonyl (C=O) groups excluding carboxylic acids is 4. The predicted molar refractivity (Wildman–Crippen MR) is 126 cm³/mol. The van der Waals surface area contributed by atoms with Gasteiger partial charge in [-0.15, -0.1) is 0 Å². The predicted octanol–water partition coefficient (Wildman–Crippen LogP) is 5.53. The van der Waals surface area contributed by atoms with E-state index in [4.69, 9.17) is 0 Å². The molecule has 2 rings (SSSR count). The van der Waals surface area contributed by atoms with Crippen LogP contribution in [-0.4, -0.2) is 46.5 Å². The fraction of sp³-hybridized carbons (Fsp3) is 0.846. The minimum Gasteiger partial charge on any atom is -0.274 e. The first-order chi connectivity index (χ1) is 15.6. The van der Waals surface area contributed by atoms with Crippen LogP contribution in [0.1, 0.15) is 128 Å². The summed E-state index contributed by atoms with van der Waals surface area (Å²) in [5.41, 5.74) is 0. The van der Waals surface area contributed by atoms with E-state index >= 15 is 0 Å². The number of hydrogen-bond acceptors (Lipinski definition) is 4. The molecule has 2 saturated heterocycles. The van der Waals surface area contributed by atoms with Gasteiger partial charge in [0.05, 0.1) is 0 Å². The molecular formula is C26H44N2O4. The molecule has 4 amide bonds. The summed E-state index contributed by atoms with van der Waals surface area (Å²) < 4.78 is 0. The highest BCUT2D eigenvalue weighted by Gasteiger charge is 2.33. The lowest BCUT2D eigenvalue weighted by Gasteiger charge is -2.25. The standard InChI is InChI=1S/C26H44N2O4/c29-23-19-15-11-7-3-1-5-9-13-17-21-27(23)25(31)26(32)28-22-18-14-10-6-2-4-8-12-16-20-24(28)30/h1-22H2. The zero-order chi connectivity index (χ0) is 23.0. The van der Waals surface area contributed by atoms with Crippen LogP contribution in [0.15, 0.2) is 0 Å². The Hall–Kier alpha value is -1.72. The van der Waals surface area contributed by atoms with E-state index in [0.29, 0.717) is 12.8 Å². The molecule has 0 saturated carbocycles. The first-order valence-electron chi connectivity index (χ1n) is 13.3. The second-order valence-electron chi connectivity index (χ2n) is 9.57. The number of rotatable bonds is 0. The molecule has 0 aliphatic carbocycles. The van der Waals surface area contributed by atoms with Crippen molar-refractivity contribution in [3.8, 4) is 0 Å². The van der Waals surface area contributed by atoms with Crippen LogP contribution in [0.4, 0.5) is 0 Å². The van der Waals surface area contributed by atoms with Crippen molar-refractivity contribution in [1.29, 1.82) is 0 Å². The second kappa shape index (κ2) is 16.0. The first kappa shape index (κ1) is 26.5. The molecule has 6 heteroatoms. The van der Waals surface area contributed by atoms with E-state index in [1.54, 1.807) is 0 Å². The van der Waals surface area contributed by atoms with E-state index < -0.39 is 11.8 Å². The Morgan fingerprint density at radius 1 is 0.406 bits per heavy atom. The molecule has 0 aromatic rings. The lowest BCUT2D eigenvalue weighted by atomic mass is 10.1. The Kier molecular flexibility index (Phi) is 13.2. The van der Waals surface area contributed by atoms with E-state index in [9.17, 15) is 19.2 Å². The van der Waals surface area contributed by atoms with Crippen LogP contribution < -0.4 is 0 Å². The highest BCUT2D eigenvalue weighted by Crippen LogP contribution is 2.16. The average molecular weight is 449 g/mol. The maximum Gasteiger partial charge on any atom is 0.319 e. The summed E-state index contributed by atoms with van der Waals surface area (Å²) in [6, 6.07) is 0. The van der Waals surface area contributed by atoms with Crippen molar-refractivity contribution < 1.29 is 19.2 Å². The SMILES string of the molecule is O=C1CCCCCCCCCCCN1C(=O)C(=O)N1CCCCCCCCCCCC1=O. The summed E-state index contributed by atoms with van der Waals surface area (Å²) in [7, 11) is 0. The van der Waals surface area contributed by atoms with Crippen molar-refractivity contribution >= 4 is 23.6 Å². The number of imide groups is 2. The molecule has 0 N–H and O–H groups in total. The van der Waals surface area contributed by atoms with Crippen molar-refractivity contribution in [1.82, 2.24) is 9.80 Å². The van der Waals surface area contributed by atoms with Crippen LogP contribution in [0, 0.1) is 0 Å². The van der Waals surface area contributed by atoms with Crippen molar-refractivity contribution in [3.63, 3.8) is 0 Å². The molecular weight excluding hydrogens is 404 g/mol. The molecule has 0 spiro atoms. The van der Waals surface area contributed by atoms with Crippen molar-refractivity contribution in [2.75, 3.05) is 13.1 Å². The van der Waals surface area contributed by atoms with Crippen LogP contribution in [0.2, 0.25) is 0 Å². The van der Waals surface area contributed by atoms with Gasteiger partial charge in [-0.1, -0.05) is 89.9 Å². The van der Waals surface area contributed by atoms with E-state index in [-0.39, 0.29) is 24.9 Å². The van der Waals surface area contributed by atoms with Crippen LogP contribution in [-0.2, 0) is 19.2 Å². The molecule has 2 heterocycles. The molecule has 0 unspecified atom stereocenters. The summed E-state index contributed by atoms with van der Waals surface area (Å²) in [5.74, 6) is -2.13. The Labute approximate surface area is 194 Å². The van der Waals surface area contributed by atoms with Gasteiger partial charge in [0, 0.05) is 25.9 Å². The maximum absolute atomic E-state index is 13.1. The Morgan fingerprint density at radius 3 is 0.969 bits per heavy atom. The van der Waals surface area contributed by atoms with Crippen LogP contribution in [0.3, 0.4) is 0 Å². The molecule has 2 aliphatic heterocycles. The summed E-state index contributed by atoms with van der Waals surface area (Å²) in [6.45, 7) is 0.566. The van der Waals surface area contributed by atoms with Crippen molar-refractivity contribution in [3.05, 3.63) is 0 Å². The fourth-order valence-corrected chi connectivity index (χ4v) is 4.75. The summed E-state index contributed by atoms with van der Waals surface area (Å²) in [5, 5.41) is 0. The van der Waals surface area contributed by atoms with Gasteiger partial charge in [-0.25, -0.2) is 0 Å². The van der Waals surface area contributed by atoms with E-state index in [0.717, 1.165) is 86.8 Å². The molecule has 6 nitrogen and oxygen atoms in total. The lowest BCUT2D eigenvalue weighted by molar-refractivity contribution is -0.160. The average Bonchev–Trinajstić information content (AvgIpc) is 2.82. The number of carbonyl (C=O) groups is 4. The third-order valence-corrected chi connectivity index (χ3v) is 6.82.